The van der Waals surface area contributed by atoms with Crippen molar-refractivity contribution in [2.24, 2.45) is 0 Å². The molecule has 1 fully saturated rings. The van der Waals surface area contributed by atoms with E-state index in [1.54, 1.807) is 31.4 Å². The van der Waals surface area contributed by atoms with Crippen LogP contribution in [0.2, 0.25) is 10.0 Å². The molecule has 1 unspecified atom stereocenters. The van der Waals surface area contributed by atoms with Gasteiger partial charge in [0.2, 0.25) is 11.8 Å². The summed E-state index contributed by atoms with van der Waals surface area (Å²) in [5.74, 6) is 0.486. The zero-order valence-electron chi connectivity index (χ0n) is 17.0. The second-order valence-corrected chi connectivity index (χ2v) is 8.01. The Kier molecular flexibility index (Phi) is 7.58. The van der Waals surface area contributed by atoms with Crippen LogP contribution in [-0.2, 0) is 16.0 Å². The summed E-state index contributed by atoms with van der Waals surface area (Å²) in [6.07, 6.45) is 0.286. The zero-order chi connectivity index (χ0) is 21.7. The molecule has 1 aliphatic rings. The number of nitrogens with zero attached hydrogens (tertiary/aromatic N) is 2. The van der Waals surface area contributed by atoms with Crippen LogP contribution in [0.5, 0.6) is 5.75 Å². The lowest BCUT2D eigenvalue weighted by atomic mass is 10.1. The number of halogens is 2. The fourth-order valence-electron chi connectivity index (χ4n) is 3.43. The summed E-state index contributed by atoms with van der Waals surface area (Å²) in [4.78, 5) is 29.1. The van der Waals surface area contributed by atoms with Crippen LogP contribution in [0.4, 0.5) is 5.69 Å². The quantitative estimate of drug-likeness (QED) is 0.729. The molecule has 1 heterocycles. The predicted molar refractivity (Wildman–Crippen MR) is 119 cm³/mol. The van der Waals surface area contributed by atoms with Gasteiger partial charge >= 0.3 is 0 Å². The van der Waals surface area contributed by atoms with Gasteiger partial charge in [-0.1, -0.05) is 41.4 Å². The molecule has 0 bridgehead atoms. The van der Waals surface area contributed by atoms with Crippen molar-refractivity contribution in [3.05, 3.63) is 58.1 Å². The number of methoxy groups -OCH3 is 1. The molecule has 3 rings (SSSR count). The third-order valence-electron chi connectivity index (χ3n) is 5.31. The number of hydrogen-bond acceptors (Lipinski definition) is 4. The van der Waals surface area contributed by atoms with E-state index in [0.717, 1.165) is 5.56 Å². The molecule has 1 atom stereocenters. The number of hydrogen-bond donors (Lipinski definition) is 1. The van der Waals surface area contributed by atoms with Crippen molar-refractivity contribution in [2.45, 2.75) is 19.4 Å². The average Bonchev–Trinajstić information content (AvgIpc) is 2.75. The summed E-state index contributed by atoms with van der Waals surface area (Å²) in [5.41, 5.74) is 1.45. The molecule has 1 N–H and O–H groups in total. The van der Waals surface area contributed by atoms with Crippen LogP contribution in [-0.4, -0.2) is 60.9 Å². The molecule has 2 aromatic carbocycles. The molecule has 0 saturated carbocycles. The molecule has 1 saturated heterocycles. The first-order valence-corrected chi connectivity index (χ1v) is 10.5. The number of piperazine rings is 1. The number of rotatable bonds is 6. The van der Waals surface area contributed by atoms with Crippen molar-refractivity contribution in [2.75, 3.05) is 38.6 Å². The first-order chi connectivity index (χ1) is 14.4. The average molecular weight is 450 g/mol. The van der Waals surface area contributed by atoms with Gasteiger partial charge in [0.1, 0.15) is 5.75 Å². The summed E-state index contributed by atoms with van der Waals surface area (Å²) < 4.78 is 5.13. The first kappa shape index (κ1) is 22.4. The third kappa shape index (κ3) is 5.45. The van der Waals surface area contributed by atoms with Gasteiger partial charge in [-0.3, -0.25) is 14.5 Å². The number of nitrogens with one attached hydrogen (secondary N) is 1. The molecule has 0 spiro atoms. The number of anilines is 1. The van der Waals surface area contributed by atoms with E-state index in [1.165, 1.54) is 0 Å². The molecule has 1 aliphatic heterocycles. The van der Waals surface area contributed by atoms with E-state index in [2.05, 4.69) is 10.2 Å². The lowest BCUT2D eigenvalue weighted by Crippen LogP contribution is -2.54. The largest absolute Gasteiger partial charge is 0.495 e. The minimum Gasteiger partial charge on any atom is -0.495 e. The Morgan fingerprint density at radius 1 is 1.07 bits per heavy atom. The van der Waals surface area contributed by atoms with Crippen LogP contribution in [0.15, 0.2) is 42.5 Å². The SMILES string of the molecule is COc1ccc(NC(=O)C(C)N2CCN(C(=O)Cc3ccccc3Cl)CC2)cc1Cl. The number of ether oxygens (including phenoxy) is 1. The van der Waals surface area contributed by atoms with E-state index < -0.39 is 0 Å². The van der Waals surface area contributed by atoms with Gasteiger partial charge in [-0.15, -0.1) is 0 Å². The van der Waals surface area contributed by atoms with Gasteiger partial charge in [-0.25, -0.2) is 0 Å². The van der Waals surface area contributed by atoms with E-state index in [4.69, 9.17) is 27.9 Å². The summed E-state index contributed by atoms with van der Waals surface area (Å²) in [5, 5.41) is 3.93. The molecule has 6 nitrogen and oxygen atoms in total. The van der Waals surface area contributed by atoms with E-state index in [0.29, 0.717) is 47.7 Å². The predicted octanol–water partition coefficient (Wildman–Crippen LogP) is 3.72. The lowest BCUT2D eigenvalue weighted by molar-refractivity contribution is -0.133. The van der Waals surface area contributed by atoms with Crippen molar-refractivity contribution in [3.63, 3.8) is 0 Å². The van der Waals surface area contributed by atoms with Crippen molar-refractivity contribution in [3.8, 4) is 5.75 Å². The number of carbonyl (C=O) groups is 2. The fourth-order valence-corrected chi connectivity index (χ4v) is 3.89. The van der Waals surface area contributed by atoms with Gasteiger partial charge in [-0.2, -0.15) is 0 Å². The first-order valence-electron chi connectivity index (χ1n) is 9.78. The van der Waals surface area contributed by atoms with Gasteiger partial charge in [0.15, 0.2) is 0 Å². The van der Waals surface area contributed by atoms with Gasteiger partial charge < -0.3 is 15.0 Å². The fraction of sp³-hybridized carbons (Fsp3) is 0.364. The molecule has 0 radical (unpaired) electrons. The standard InChI is InChI=1S/C22H25Cl2N3O3/c1-15(22(29)25-17-7-8-20(30-2)19(24)14-17)26-9-11-27(12-10-26)21(28)13-16-5-3-4-6-18(16)23/h3-8,14-15H,9-13H2,1-2H3,(H,25,29). The van der Waals surface area contributed by atoms with E-state index >= 15 is 0 Å². The van der Waals surface area contributed by atoms with Crippen LogP contribution in [0.25, 0.3) is 0 Å². The summed E-state index contributed by atoms with van der Waals surface area (Å²) >= 11 is 12.3. The maximum Gasteiger partial charge on any atom is 0.241 e. The van der Waals surface area contributed by atoms with Crippen molar-refractivity contribution >= 4 is 40.7 Å². The summed E-state index contributed by atoms with van der Waals surface area (Å²) in [6.45, 7) is 4.28. The molecular formula is C22H25Cl2N3O3. The second-order valence-electron chi connectivity index (χ2n) is 7.20. The Labute approximate surface area is 186 Å². The Hall–Kier alpha value is -2.28. The lowest BCUT2D eigenvalue weighted by Gasteiger charge is -2.37. The van der Waals surface area contributed by atoms with Crippen molar-refractivity contribution in [1.82, 2.24) is 9.80 Å². The summed E-state index contributed by atoms with van der Waals surface area (Å²) in [7, 11) is 1.54. The maximum atomic E-state index is 12.6. The molecular weight excluding hydrogens is 425 g/mol. The Morgan fingerprint density at radius 2 is 1.77 bits per heavy atom. The third-order valence-corrected chi connectivity index (χ3v) is 5.98. The van der Waals surface area contributed by atoms with Crippen LogP contribution >= 0.6 is 23.2 Å². The topological polar surface area (TPSA) is 61.9 Å². The van der Waals surface area contributed by atoms with Crippen LogP contribution in [0.1, 0.15) is 12.5 Å². The Morgan fingerprint density at radius 3 is 2.40 bits per heavy atom. The highest BCUT2D eigenvalue weighted by Crippen LogP contribution is 2.27. The smallest absolute Gasteiger partial charge is 0.241 e. The highest BCUT2D eigenvalue weighted by Gasteiger charge is 2.27. The molecule has 2 aromatic rings. The van der Waals surface area contributed by atoms with Crippen molar-refractivity contribution < 1.29 is 14.3 Å². The minimum absolute atomic E-state index is 0.0488. The van der Waals surface area contributed by atoms with Crippen LogP contribution in [0.3, 0.4) is 0 Å². The van der Waals surface area contributed by atoms with Gasteiger partial charge in [0.05, 0.1) is 24.6 Å². The summed E-state index contributed by atoms with van der Waals surface area (Å²) in [6, 6.07) is 12.2. The zero-order valence-corrected chi connectivity index (χ0v) is 18.5. The van der Waals surface area contributed by atoms with E-state index in [9.17, 15) is 9.59 Å². The number of carbonyl (C=O) groups excluding carboxylic acids is 2. The van der Waals surface area contributed by atoms with Crippen molar-refractivity contribution in [1.29, 1.82) is 0 Å². The number of amides is 2. The molecule has 0 aliphatic carbocycles. The monoisotopic (exact) mass is 449 g/mol. The Balaban J connectivity index is 1.51. The minimum atomic E-state index is -0.327. The molecule has 8 heteroatoms. The maximum absolute atomic E-state index is 12.6. The molecule has 30 heavy (non-hydrogen) atoms. The Bertz CT molecular complexity index is 914. The van der Waals surface area contributed by atoms with E-state index in [-0.39, 0.29) is 24.3 Å². The van der Waals surface area contributed by atoms with Gasteiger partial charge in [-0.05, 0) is 36.8 Å². The second kappa shape index (κ2) is 10.2. The highest BCUT2D eigenvalue weighted by atomic mass is 35.5. The number of benzene rings is 2. The molecule has 2 amide bonds. The van der Waals surface area contributed by atoms with Gasteiger partial charge in [0.25, 0.3) is 0 Å². The highest BCUT2D eigenvalue weighted by molar-refractivity contribution is 6.32. The van der Waals surface area contributed by atoms with Crippen LogP contribution in [0, 0.1) is 0 Å². The van der Waals surface area contributed by atoms with Gasteiger partial charge in [0, 0.05) is 36.9 Å². The normalized spacial score (nSPS) is 15.5. The van der Waals surface area contributed by atoms with E-state index in [1.807, 2.05) is 30.0 Å². The molecule has 160 valence electrons. The van der Waals surface area contributed by atoms with Crippen LogP contribution < -0.4 is 10.1 Å². The molecule has 0 aromatic heterocycles.